The molecule has 2 aliphatic heterocycles. The highest BCUT2D eigenvalue weighted by Crippen LogP contribution is 2.45. The van der Waals surface area contributed by atoms with Gasteiger partial charge in [0.25, 0.3) is 0 Å². The van der Waals surface area contributed by atoms with Gasteiger partial charge in [0.15, 0.2) is 5.79 Å². The Morgan fingerprint density at radius 1 is 0.938 bits per heavy atom. The molecule has 0 radical (unpaired) electrons. The van der Waals surface area contributed by atoms with Crippen LogP contribution in [0.4, 0.5) is 0 Å². The molecule has 2 heterocycles. The maximum Gasteiger partial charge on any atom is 0.169 e. The topological polar surface area (TPSA) is 18.5 Å². The van der Waals surface area contributed by atoms with Crippen molar-refractivity contribution < 1.29 is 9.47 Å². The van der Waals surface area contributed by atoms with Gasteiger partial charge >= 0.3 is 0 Å². The predicted octanol–water partition coefficient (Wildman–Crippen LogP) is 3.39. The quantitative estimate of drug-likeness (QED) is 0.662. The second-order valence-electron chi connectivity index (χ2n) is 4.55. The minimum Gasteiger partial charge on any atom is -0.348 e. The van der Waals surface area contributed by atoms with Gasteiger partial charge in [0.2, 0.25) is 0 Å². The number of hydrogen-bond acceptors (Lipinski definition) is 4. The van der Waals surface area contributed by atoms with E-state index in [1.54, 1.807) is 9.81 Å². The van der Waals surface area contributed by atoms with E-state index in [2.05, 4.69) is 23.5 Å². The van der Waals surface area contributed by atoms with Crippen molar-refractivity contribution in [2.75, 3.05) is 24.7 Å². The van der Waals surface area contributed by atoms with Crippen LogP contribution >= 0.6 is 23.5 Å². The zero-order valence-electron chi connectivity index (χ0n) is 9.50. The van der Waals surface area contributed by atoms with Gasteiger partial charge < -0.3 is 9.47 Å². The van der Waals surface area contributed by atoms with Gasteiger partial charge in [-0.2, -0.15) is 0 Å². The first kappa shape index (κ1) is 11.5. The molecule has 0 N–H and O–H groups in total. The summed E-state index contributed by atoms with van der Waals surface area (Å²) < 4.78 is 13.1. The molecule has 2 nitrogen and oxygen atoms in total. The lowest BCUT2D eigenvalue weighted by molar-refractivity contribution is -0.171. The molecule has 16 heavy (non-hydrogen) atoms. The zero-order valence-corrected chi connectivity index (χ0v) is 11.1. The maximum absolute atomic E-state index is 5.76. The van der Waals surface area contributed by atoms with Gasteiger partial charge in [-0.15, -0.1) is 23.5 Å². The van der Waals surface area contributed by atoms with Crippen LogP contribution in [0.2, 0.25) is 0 Å². The van der Waals surface area contributed by atoms with Crippen molar-refractivity contribution in [3.05, 3.63) is 9.81 Å². The standard InChI is InChI=1S/C12H18O2S2/c1-8-15-11(16-9-1)10-2-4-12(5-3-10)13-6-7-14-12/h1-9H2. The fraction of sp³-hybridized carbons (Fsp3) is 0.833. The van der Waals surface area contributed by atoms with Crippen molar-refractivity contribution >= 4 is 23.5 Å². The van der Waals surface area contributed by atoms with E-state index in [4.69, 9.17) is 9.47 Å². The van der Waals surface area contributed by atoms with E-state index in [1.807, 2.05) is 0 Å². The molecule has 3 aliphatic rings. The monoisotopic (exact) mass is 258 g/mol. The molecule has 0 aromatic carbocycles. The lowest BCUT2D eigenvalue weighted by Gasteiger charge is -2.33. The fourth-order valence-electron chi connectivity index (χ4n) is 2.56. The Balaban J connectivity index is 1.64. The van der Waals surface area contributed by atoms with Crippen LogP contribution in [0.25, 0.3) is 0 Å². The summed E-state index contributed by atoms with van der Waals surface area (Å²) in [7, 11) is 0. The molecule has 2 saturated heterocycles. The van der Waals surface area contributed by atoms with Crippen molar-refractivity contribution in [1.29, 1.82) is 0 Å². The molecule has 0 atom stereocenters. The van der Waals surface area contributed by atoms with Crippen molar-refractivity contribution in [2.45, 2.75) is 37.9 Å². The zero-order chi connectivity index (χ0) is 10.8. The summed E-state index contributed by atoms with van der Waals surface area (Å²) in [6, 6.07) is 0. The molecule has 3 rings (SSSR count). The Morgan fingerprint density at radius 2 is 1.56 bits per heavy atom. The summed E-state index contributed by atoms with van der Waals surface area (Å²) in [5.41, 5.74) is 1.67. The number of hydrogen-bond donors (Lipinski definition) is 0. The fourth-order valence-corrected chi connectivity index (χ4v) is 5.34. The van der Waals surface area contributed by atoms with Crippen LogP contribution in [0.3, 0.4) is 0 Å². The Hall–Kier alpha value is 0.360. The van der Waals surface area contributed by atoms with E-state index in [0.29, 0.717) is 0 Å². The van der Waals surface area contributed by atoms with Crippen molar-refractivity contribution in [1.82, 2.24) is 0 Å². The van der Waals surface area contributed by atoms with Crippen LogP contribution in [0.15, 0.2) is 9.81 Å². The highest BCUT2D eigenvalue weighted by atomic mass is 32.2. The average molecular weight is 258 g/mol. The van der Waals surface area contributed by atoms with Crippen LogP contribution in [-0.4, -0.2) is 30.5 Å². The van der Waals surface area contributed by atoms with Crippen LogP contribution in [-0.2, 0) is 9.47 Å². The molecule has 1 spiro atoms. The molecule has 0 bridgehead atoms. The molecule has 1 aliphatic carbocycles. The second-order valence-corrected chi connectivity index (χ2v) is 7.02. The highest BCUT2D eigenvalue weighted by molar-refractivity contribution is 8.22. The third-order valence-electron chi connectivity index (χ3n) is 3.47. The predicted molar refractivity (Wildman–Crippen MR) is 69.7 cm³/mol. The van der Waals surface area contributed by atoms with E-state index in [-0.39, 0.29) is 5.79 Å². The van der Waals surface area contributed by atoms with Crippen LogP contribution in [0.1, 0.15) is 32.1 Å². The highest BCUT2D eigenvalue weighted by Gasteiger charge is 2.39. The van der Waals surface area contributed by atoms with Crippen molar-refractivity contribution in [2.24, 2.45) is 0 Å². The maximum atomic E-state index is 5.76. The Morgan fingerprint density at radius 3 is 2.19 bits per heavy atom. The SMILES string of the molecule is C1CSC(=C2CCC3(CC2)OCCO3)SC1. The molecule has 0 amide bonds. The summed E-state index contributed by atoms with van der Waals surface area (Å²) in [4.78, 5) is 0. The van der Waals surface area contributed by atoms with E-state index in [0.717, 1.165) is 26.1 Å². The van der Waals surface area contributed by atoms with E-state index in [9.17, 15) is 0 Å². The number of allylic oxidation sites excluding steroid dienone is 1. The molecule has 3 fully saturated rings. The molecule has 0 aromatic heterocycles. The Kier molecular flexibility index (Phi) is 3.52. The third-order valence-corrected chi connectivity index (χ3v) is 6.27. The first-order valence-corrected chi connectivity index (χ1v) is 8.11. The average Bonchev–Trinajstić information content (AvgIpc) is 2.80. The van der Waals surface area contributed by atoms with Crippen LogP contribution in [0, 0.1) is 0 Å². The summed E-state index contributed by atoms with van der Waals surface area (Å²) in [6.07, 6.45) is 5.84. The van der Waals surface area contributed by atoms with E-state index >= 15 is 0 Å². The van der Waals surface area contributed by atoms with Crippen LogP contribution < -0.4 is 0 Å². The third kappa shape index (κ3) is 2.30. The Labute approximate surface area is 106 Å². The van der Waals surface area contributed by atoms with Gasteiger partial charge in [-0.3, -0.25) is 0 Å². The molecule has 1 saturated carbocycles. The molecule has 4 heteroatoms. The van der Waals surface area contributed by atoms with Crippen molar-refractivity contribution in [3.63, 3.8) is 0 Å². The summed E-state index contributed by atoms with van der Waals surface area (Å²) >= 11 is 4.12. The number of ether oxygens (including phenoxy) is 2. The van der Waals surface area contributed by atoms with Gasteiger partial charge in [0, 0.05) is 17.1 Å². The minimum atomic E-state index is -0.200. The number of thioether (sulfide) groups is 2. The summed E-state index contributed by atoms with van der Waals surface area (Å²) in [6.45, 7) is 1.57. The van der Waals surface area contributed by atoms with Gasteiger partial charge in [0.1, 0.15) is 0 Å². The first-order valence-electron chi connectivity index (χ1n) is 6.14. The van der Waals surface area contributed by atoms with Crippen molar-refractivity contribution in [3.8, 4) is 0 Å². The molecular weight excluding hydrogens is 240 g/mol. The Bertz CT molecular complexity index is 275. The van der Waals surface area contributed by atoms with Gasteiger partial charge in [-0.25, -0.2) is 0 Å². The van der Waals surface area contributed by atoms with Gasteiger partial charge in [0.05, 0.1) is 13.2 Å². The molecule has 90 valence electrons. The van der Waals surface area contributed by atoms with Gasteiger partial charge in [-0.05, 0) is 36.3 Å². The summed E-state index contributed by atoms with van der Waals surface area (Å²) in [5, 5.41) is 0. The molecule has 0 aromatic rings. The van der Waals surface area contributed by atoms with Crippen LogP contribution in [0.5, 0.6) is 0 Å². The first-order chi connectivity index (χ1) is 7.88. The van der Waals surface area contributed by atoms with Gasteiger partial charge in [-0.1, -0.05) is 0 Å². The second kappa shape index (κ2) is 4.92. The van der Waals surface area contributed by atoms with E-state index in [1.165, 1.54) is 30.8 Å². The minimum absolute atomic E-state index is 0.200. The van der Waals surface area contributed by atoms with E-state index < -0.39 is 0 Å². The lowest BCUT2D eigenvalue weighted by Crippen LogP contribution is -2.33. The largest absolute Gasteiger partial charge is 0.348 e. The summed E-state index contributed by atoms with van der Waals surface area (Å²) in [5.74, 6) is 2.42. The smallest absolute Gasteiger partial charge is 0.169 e. The number of rotatable bonds is 0. The molecular formula is C12H18O2S2. The normalized spacial score (nSPS) is 30.0. The molecule has 0 unspecified atom stereocenters. The lowest BCUT2D eigenvalue weighted by atomic mass is 9.91.